The minimum absolute atomic E-state index is 0.147. The molecule has 0 aliphatic carbocycles. The van der Waals surface area contributed by atoms with Crippen LogP contribution in [0.4, 0.5) is 43.4 Å². The van der Waals surface area contributed by atoms with Crippen molar-refractivity contribution in [2.24, 2.45) is 0 Å². The van der Waals surface area contributed by atoms with Crippen molar-refractivity contribution in [1.82, 2.24) is 0 Å². The Kier molecular flexibility index (Phi) is 6.86. The molecule has 0 spiro atoms. The number of halogens is 7. The summed E-state index contributed by atoms with van der Waals surface area (Å²) in [6.07, 6.45) is -3.37. The van der Waals surface area contributed by atoms with E-state index in [0.717, 1.165) is 12.1 Å². The highest BCUT2D eigenvalue weighted by Crippen LogP contribution is 2.35. The van der Waals surface area contributed by atoms with E-state index in [1.807, 2.05) is 0 Å². The average molecular weight is 411 g/mol. The highest BCUT2D eigenvalue weighted by atomic mass is 35.5. The topological polar surface area (TPSA) is 24.1 Å². The van der Waals surface area contributed by atoms with E-state index in [-0.39, 0.29) is 17.8 Å². The molecule has 0 aromatic heterocycles. The zero-order valence-corrected chi connectivity index (χ0v) is 15.0. The Labute approximate surface area is 157 Å². The highest BCUT2D eigenvalue weighted by molar-refractivity contribution is 6.17. The summed E-state index contributed by atoms with van der Waals surface area (Å²) in [5, 5.41) is 5.30. The van der Waals surface area contributed by atoms with Crippen molar-refractivity contribution in [3.63, 3.8) is 0 Å². The molecule has 148 valence electrons. The maximum atomic E-state index is 14.2. The van der Waals surface area contributed by atoms with Crippen LogP contribution in [0.2, 0.25) is 0 Å². The summed E-state index contributed by atoms with van der Waals surface area (Å²) in [5.41, 5.74) is -1.84. The summed E-state index contributed by atoms with van der Waals surface area (Å²) in [6.45, 7) is 1.80. The Morgan fingerprint density at radius 1 is 1.00 bits per heavy atom. The number of anilines is 3. The van der Waals surface area contributed by atoms with Crippen molar-refractivity contribution in [1.29, 1.82) is 0 Å². The number of alkyl halides is 4. The van der Waals surface area contributed by atoms with Crippen LogP contribution in [0.1, 0.15) is 25.3 Å². The Balaban J connectivity index is 2.33. The van der Waals surface area contributed by atoms with Crippen LogP contribution in [-0.2, 0) is 6.18 Å². The van der Waals surface area contributed by atoms with Crippen molar-refractivity contribution in [2.45, 2.75) is 32.0 Å². The normalized spacial score (nSPS) is 12.7. The fourth-order valence-corrected chi connectivity index (χ4v) is 2.60. The number of nitrogens with one attached hydrogen (secondary N) is 2. The molecule has 0 amide bonds. The summed E-state index contributed by atoms with van der Waals surface area (Å²) < 4.78 is 79.8. The molecule has 0 heterocycles. The molecular formula is C18H17ClF6N2. The molecule has 0 saturated heterocycles. The SMILES string of the molecule is CC(CCCCl)Nc1ccc(F)c(F)c1Nc1ccc(C(F)(F)F)cc1F. The van der Waals surface area contributed by atoms with Gasteiger partial charge in [-0.3, -0.25) is 0 Å². The standard InChI is InChI=1S/C18H17ClF6N2/c1-10(3-2-8-19)26-15-7-5-12(20)16(22)17(15)27-14-6-4-11(9-13(14)21)18(23,24)25/h4-7,9-10,26-27H,2-3,8H2,1H3. The lowest BCUT2D eigenvalue weighted by Gasteiger charge is -2.20. The number of rotatable bonds is 7. The first-order valence-corrected chi connectivity index (χ1v) is 8.61. The van der Waals surface area contributed by atoms with Crippen molar-refractivity contribution in [2.75, 3.05) is 16.5 Å². The summed E-state index contributed by atoms with van der Waals surface area (Å²) >= 11 is 5.62. The molecule has 2 aromatic carbocycles. The van der Waals surface area contributed by atoms with Crippen LogP contribution in [0, 0.1) is 17.5 Å². The van der Waals surface area contributed by atoms with Gasteiger partial charge in [0.05, 0.1) is 16.9 Å². The maximum absolute atomic E-state index is 14.2. The van der Waals surface area contributed by atoms with E-state index >= 15 is 0 Å². The minimum atomic E-state index is -4.71. The van der Waals surface area contributed by atoms with Crippen LogP contribution >= 0.6 is 11.6 Å². The fourth-order valence-electron chi connectivity index (χ4n) is 2.44. The molecule has 0 aliphatic rings. The second-order valence-electron chi connectivity index (χ2n) is 5.98. The van der Waals surface area contributed by atoms with Gasteiger partial charge in [-0.2, -0.15) is 13.2 Å². The predicted molar refractivity (Wildman–Crippen MR) is 94.1 cm³/mol. The first-order chi connectivity index (χ1) is 12.6. The van der Waals surface area contributed by atoms with Crippen LogP contribution in [0.3, 0.4) is 0 Å². The zero-order valence-electron chi connectivity index (χ0n) is 14.2. The van der Waals surface area contributed by atoms with Gasteiger partial charge in [0.1, 0.15) is 11.5 Å². The Morgan fingerprint density at radius 2 is 1.67 bits per heavy atom. The molecule has 0 radical (unpaired) electrons. The first-order valence-electron chi connectivity index (χ1n) is 8.07. The van der Waals surface area contributed by atoms with Gasteiger partial charge in [0, 0.05) is 11.9 Å². The number of hydrogen-bond donors (Lipinski definition) is 2. The Hall–Kier alpha value is -2.09. The molecule has 2 aromatic rings. The molecule has 0 aliphatic heterocycles. The summed E-state index contributed by atoms with van der Waals surface area (Å²) in [7, 11) is 0. The third-order valence-electron chi connectivity index (χ3n) is 3.82. The lowest BCUT2D eigenvalue weighted by molar-refractivity contribution is -0.137. The second-order valence-corrected chi connectivity index (χ2v) is 6.36. The van der Waals surface area contributed by atoms with Gasteiger partial charge in [-0.1, -0.05) is 0 Å². The molecule has 2 N–H and O–H groups in total. The van der Waals surface area contributed by atoms with Gasteiger partial charge in [-0.05, 0) is 50.1 Å². The minimum Gasteiger partial charge on any atom is -0.381 e. The molecule has 1 unspecified atom stereocenters. The quantitative estimate of drug-likeness (QED) is 0.392. The molecule has 0 saturated carbocycles. The predicted octanol–water partition coefficient (Wildman–Crippen LogP) is 6.69. The van der Waals surface area contributed by atoms with E-state index in [1.54, 1.807) is 6.92 Å². The fraction of sp³-hybridized carbons (Fsp3) is 0.333. The maximum Gasteiger partial charge on any atom is 0.416 e. The van der Waals surface area contributed by atoms with Gasteiger partial charge in [-0.15, -0.1) is 11.6 Å². The van der Waals surface area contributed by atoms with Gasteiger partial charge in [0.25, 0.3) is 0 Å². The third kappa shape index (κ3) is 5.45. The van der Waals surface area contributed by atoms with Crippen LogP contribution in [-0.4, -0.2) is 11.9 Å². The van der Waals surface area contributed by atoms with Gasteiger partial charge >= 0.3 is 6.18 Å². The lowest BCUT2D eigenvalue weighted by atomic mass is 10.1. The number of hydrogen-bond acceptors (Lipinski definition) is 2. The Bertz CT molecular complexity index is 794. The van der Waals surface area contributed by atoms with Crippen LogP contribution in [0.5, 0.6) is 0 Å². The van der Waals surface area contributed by atoms with Crippen LogP contribution < -0.4 is 10.6 Å². The van der Waals surface area contributed by atoms with Gasteiger partial charge in [-0.25, -0.2) is 13.2 Å². The average Bonchev–Trinajstić information content (AvgIpc) is 2.59. The van der Waals surface area contributed by atoms with Crippen LogP contribution in [0.15, 0.2) is 30.3 Å². The van der Waals surface area contributed by atoms with E-state index in [0.29, 0.717) is 24.8 Å². The van der Waals surface area contributed by atoms with Crippen molar-refractivity contribution >= 4 is 28.7 Å². The van der Waals surface area contributed by atoms with E-state index in [9.17, 15) is 26.3 Å². The van der Waals surface area contributed by atoms with Gasteiger partial charge in [0.2, 0.25) is 0 Å². The zero-order chi connectivity index (χ0) is 20.2. The van der Waals surface area contributed by atoms with Crippen molar-refractivity contribution < 1.29 is 26.3 Å². The second kappa shape index (κ2) is 8.73. The van der Waals surface area contributed by atoms with E-state index < -0.39 is 40.6 Å². The molecule has 0 bridgehead atoms. The highest BCUT2D eigenvalue weighted by Gasteiger charge is 2.31. The molecule has 27 heavy (non-hydrogen) atoms. The molecule has 1 atom stereocenters. The monoisotopic (exact) mass is 410 g/mol. The van der Waals surface area contributed by atoms with Crippen molar-refractivity contribution in [3.05, 3.63) is 53.3 Å². The first kappa shape index (κ1) is 21.2. The summed E-state index contributed by atoms with van der Waals surface area (Å²) in [6, 6.07) is 3.78. The lowest BCUT2D eigenvalue weighted by Crippen LogP contribution is -2.17. The van der Waals surface area contributed by atoms with Crippen molar-refractivity contribution in [3.8, 4) is 0 Å². The number of benzene rings is 2. The van der Waals surface area contributed by atoms with Crippen LogP contribution in [0.25, 0.3) is 0 Å². The third-order valence-corrected chi connectivity index (χ3v) is 4.09. The molecule has 2 rings (SSSR count). The van der Waals surface area contributed by atoms with E-state index in [4.69, 9.17) is 11.6 Å². The molecule has 2 nitrogen and oxygen atoms in total. The molecular weight excluding hydrogens is 394 g/mol. The molecule has 0 fully saturated rings. The van der Waals surface area contributed by atoms with E-state index in [2.05, 4.69) is 10.6 Å². The molecule has 9 heteroatoms. The van der Waals surface area contributed by atoms with Gasteiger partial charge < -0.3 is 10.6 Å². The largest absolute Gasteiger partial charge is 0.416 e. The Morgan fingerprint density at radius 3 is 2.26 bits per heavy atom. The van der Waals surface area contributed by atoms with Gasteiger partial charge in [0.15, 0.2) is 11.6 Å². The smallest absolute Gasteiger partial charge is 0.381 e. The summed E-state index contributed by atoms with van der Waals surface area (Å²) in [4.78, 5) is 0. The van der Waals surface area contributed by atoms with E-state index in [1.165, 1.54) is 6.07 Å². The summed E-state index contributed by atoms with van der Waals surface area (Å²) in [5.74, 6) is -3.26.